The highest BCUT2D eigenvalue weighted by Gasteiger charge is 2.10. The van der Waals surface area contributed by atoms with Gasteiger partial charge in [0.15, 0.2) is 0 Å². The molecule has 0 fully saturated rings. The molecule has 84 valence electrons. The number of hydrogen-bond acceptors (Lipinski definition) is 8. The SMILES string of the molecule is Nc1nonc1NC(=O)CSc1nccs1. The molecule has 2 aromatic rings. The van der Waals surface area contributed by atoms with Crippen LogP contribution in [0.3, 0.4) is 0 Å². The Morgan fingerprint density at radius 1 is 1.62 bits per heavy atom. The molecule has 0 bridgehead atoms. The number of nitrogens with two attached hydrogens (primary N) is 1. The fraction of sp³-hybridized carbons (Fsp3) is 0.143. The van der Waals surface area contributed by atoms with Gasteiger partial charge in [-0.2, -0.15) is 0 Å². The third-order valence-electron chi connectivity index (χ3n) is 1.51. The first-order chi connectivity index (χ1) is 7.75. The lowest BCUT2D eigenvalue weighted by Crippen LogP contribution is -2.15. The van der Waals surface area contributed by atoms with Gasteiger partial charge in [0.1, 0.15) is 4.34 Å². The van der Waals surface area contributed by atoms with Crippen LogP contribution in [-0.2, 0) is 4.79 Å². The number of aromatic nitrogens is 3. The zero-order chi connectivity index (χ0) is 11.4. The molecule has 0 aliphatic carbocycles. The minimum Gasteiger partial charge on any atom is -0.378 e. The highest BCUT2D eigenvalue weighted by molar-refractivity contribution is 8.01. The van der Waals surface area contributed by atoms with Crippen molar-refractivity contribution in [1.82, 2.24) is 15.3 Å². The van der Waals surface area contributed by atoms with Gasteiger partial charge in [0.2, 0.25) is 17.5 Å². The van der Waals surface area contributed by atoms with Crippen LogP contribution in [0.5, 0.6) is 0 Å². The Morgan fingerprint density at radius 3 is 3.12 bits per heavy atom. The van der Waals surface area contributed by atoms with Gasteiger partial charge in [0.25, 0.3) is 0 Å². The standard InChI is InChI=1S/C7H7N5O2S2/c8-5-6(12-14-11-5)10-4(13)3-16-7-9-1-2-15-7/h1-2H,3H2,(H2,8,11)(H,10,12,13). The summed E-state index contributed by atoms with van der Waals surface area (Å²) in [6.07, 6.45) is 1.68. The maximum absolute atomic E-state index is 11.4. The topological polar surface area (TPSA) is 107 Å². The number of hydrogen-bond donors (Lipinski definition) is 2. The van der Waals surface area contributed by atoms with Crippen molar-refractivity contribution in [3.63, 3.8) is 0 Å². The monoisotopic (exact) mass is 257 g/mol. The maximum atomic E-state index is 11.4. The van der Waals surface area contributed by atoms with Crippen LogP contribution in [-0.4, -0.2) is 27.0 Å². The summed E-state index contributed by atoms with van der Waals surface area (Å²) in [7, 11) is 0. The number of carbonyl (C=O) groups excluding carboxylic acids is 1. The number of nitrogen functional groups attached to an aromatic ring is 1. The van der Waals surface area contributed by atoms with E-state index in [4.69, 9.17) is 5.73 Å². The van der Waals surface area contributed by atoms with Crippen molar-refractivity contribution >= 4 is 40.6 Å². The van der Waals surface area contributed by atoms with Crippen LogP contribution in [0.1, 0.15) is 0 Å². The van der Waals surface area contributed by atoms with Gasteiger partial charge >= 0.3 is 0 Å². The Morgan fingerprint density at radius 2 is 2.50 bits per heavy atom. The van der Waals surface area contributed by atoms with E-state index in [2.05, 4.69) is 25.2 Å². The van der Waals surface area contributed by atoms with E-state index in [-0.39, 0.29) is 23.3 Å². The predicted octanol–water partition coefficient (Wildman–Crippen LogP) is 0.839. The van der Waals surface area contributed by atoms with Crippen molar-refractivity contribution in [1.29, 1.82) is 0 Å². The number of amides is 1. The van der Waals surface area contributed by atoms with Crippen LogP contribution in [0, 0.1) is 0 Å². The molecule has 0 aromatic carbocycles. The molecule has 16 heavy (non-hydrogen) atoms. The third-order valence-corrected chi connectivity index (χ3v) is 3.47. The van der Waals surface area contributed by atoms with Crippen molar-refractivity contribution < 1.29 is 9.42 Å². The Labute approximate surface area is 98.4 Å². The Bertz CT molecular complexity index is 469. The van der Waals surface area contributed by atoms with E-state index in [1.165, 1.54) is 23.1 Å². The van der Waals surface area contributed by atoms with Crippen molar-refractivity contribution in [2.45, 2.75) is 4.34 Å². The number of rotatable bonds is 4. The molecule has 0 radical (unpaired) electrons. The van der Waals surface area contributed by atoms with E-state index < -0.39 is 0 Å². The quantitative estimate of drug-likeness (QED) is 0.781. The Balaban J connectivity index is 1.83. The molecular formula is C7H7N5O2S2. The van der Waals surface area contributed by atoms with Crippen LogP contribution < -0.4 is 11.1 Å². The minimum absolute atomic E-state index is 0.0626. The second-order valence-corrected chi connectivity index (χ2v) is 4.75. The van der Waals surface area contributed by atoms with Crippen molar-refractivity contribution in [3.8, 4) is 0 Å². The van der Waals surface area contributed by atoms with Crippen LogP contribution in [0.4, 0.5) is 11.6 Å². The van der Waals surface area contributed by atoms with E-state index in [0.717, 1.165) is 4.34 Å². The summed E-state index contributed by atoms with van der Waals surface area (Å²) < 4.78 is 5.17. The number of thioether (sulfide) groups is 1. The molecule has 0 atom stereocenters. The predicted molar refractivity (Wildman–Crippen MR) is 60.2 cm³/mol. The van der Waals surface area contributed by atoms with E-state index in [1.54, 1.807) is 6.20 Å². The Kier molecular flexibility index (Phi) is 3.37. The summed E-state index contributed by atoms with van der Waals surface area (Å²) in [5.41, 5.74) is 5.38. The molecule has 0 spiro atoms. The van der Waals surface area contributed by atoms with Crippen LogP contribution in [0.2, 0.25) is 0 Å². The molecule has 3 N–H and O–H groups in total. The molecule has 0 aliphatic rings. The first-order valence-electron chi connectivity index (χ1n) is 4.16. The van der Waals surface area contributed by atoms with Crippen molar-refractivity contribution in [3.05, 3.63) is 11.6 Å². The lowest BCUT2D eigenvalue weighted by atomic mass is 10.6. The summed E-state index contributed by atoms with van der Waals surface area (Å²) >= 11 is 2.82. The Hall–Kier alpha value is -1.61. The fourth-order valence-electron chi connectivity index (χ4n) is 0.859. The first-order valence-corrected chi connectivity index (χ1v) is 6.02. The average Bonchev–Trinajstić information content (AvgIpc) is 2.88. The lowest BCUT2D eigenvalue weighted by Gasteiger charge is -1.99. The van der Waals surface area contributed by atoms with E-state index >= 15 is 0 Å². The molecule has 2 aromatic heterocycles. The molecule has 7 nitrogen and oxygen atoms in total. The number of carbonyl (C=O) groups is 1. The van der Waals surface area contributed by atoms with Gasteiger partial charge in [0.05, 0.1) is 5.75 Å². The molecule has 0 aliphatic heterocycles. The molecule has 2 heterocycles. The van der Waals surface area contributed by atoms with Gasteiger partial charge in [-0.25, -0.2) is 9.61 Å². The molecule has 0 saturated heterocycles. The molecule has 9 heteroatoms. The van der Waals surface area contributed by atoms with Crippen molar-refractivity contribution in [2.75, 3.05) is 16.8 Å². The molecule has 1 amide bonds. The van der Waals surface area contributed by atoms with Crippen molar-refractivity contribution in [2.24, 2.45) is 0 Å². The van der Waals surface area contributed by atoms with Crippen LogP contribution in [0.15, 0.2) is 20.5 Å². The number of nitrogens with one attached hydrogen (secondary N) is 1. The molecule has 0 saturated carbocycles. The smallest absolute Gasteiger partial charge is 0.236 e. The minimum atomic E-state index is -0.234. The van der Waals surface area contributed by atoms with E-state index in [9.17, 15) is 4.79 Å². The summed E-state index contributed by atoms with van der Waals surface area (Å²) in [6, 6.07) is 0. The maximum Gasteiger partial charge on any atom is 0.236 e. The second kappa shape index (κ2) is 4.94. The fourth-order valence-corrected chi connectivity index (χ4v) is 2.30. The summed E-state index contributed by atoms with van der Waals surface area (Å²) in [5.74, 6) is 0.208. The van der Waals surface area contributed by atoms with Gasteiger partial charge in [-0.1, -0.05) is 11.8 Å². The van der Waals surface area contributed by atoms with Crippen LogP contribution >= 0.6 is 23.1 Å². The summed E-state index contributed by atoms with van der Waals surface area (Å²) in [6.45, 7) is 0. The van der Waals surface area contributed by atoms with E-state index in [1.807, 2.05) is 5.38 Å². The average molecular weight is 257 g/mol. The number of anilines is 2. The van der Waals surface area contributed by atoms with Gasteiger partial charge in [-0.3, -0.25) is 4.79 Å². The largest absolute Gasteiger partial charge is 0.378 e. The highest BCUT2D eigenvalue weighted by Crippen LogP contribution is 2.20. The number of nitrogens with zero attached hydrogens (tertiary/aromatic N) is 3. The summed E-state index contributed by atoms with van der Waals surface area (Å²) in [4.78, 5) is 15.5. The number of thiazole rings is 1. The normalized spacial score (nSPS) is 10.2. The molecular weight excluding hydrogens is 250 g/mol. The van der Waals surface area contributed by atoms with Gasteiger partial charge in [-0.15, -0.1) is 11.3 Å². The van der Waals surface area contributed by atoms with Gasteiger partial charge in [-0.05, 0) is 10.3 Å². The molecule has 2 rings (SSSR count). The third kappa shape index (κ3) is 2.70. The van der Waals surface area contributed by atoms with E-state index in [0.29, 0.717) is 0 Å². The van der Waals surface area contributed by atoms with Gasteiger partial charge < -0.3 is 11.1 Å². The summed E-state index contributed by atoms with van der Waals surface area (Å²) in [5, 5.41) is 11.1. The first kappa shape index (κ1) is 10.9. The zero-order valence-corrected chi connectivity index (χ0v) is 9.55. The lowest BCUT2D eigenvalue weighted by molar-refractivity contribution is -0.113. The highest BCUT2D eigenvalue weighted by atomic mass is 32.2. The van der Waals surface area contributed by atoms with Crippen LogP contribution in [0.25, 0.3) is 0 Å². The second-order valence-electron chi connectivity index (χ2n) is 2.63. The van der Waals surface area contributed by atoms with Gasteiger partial charge in [0, 0.05) is 11.6 Å². The molecule has 0 unspecified atom stereocenters. The zero-order valence-electron chi connectivity index (χ0n) is 7.91.